The van der Waals surface area contributed by atoms with Crippen LogP contribution in [-0.2, 0) is 0 Å². The number of rotatable bonds is 6. The molecule has 4 N–H and O–H groups in total. The lowest BCUT2D eigenvalue weighted by atomic mass is 10.1. The summed E-state index contributed by atoms with van der Waals surface area (Å²) < 4.78 is 0. The number of nitrogens with zero attached hydrogens (tertiary/aromatic N) is 1. The van der Waals surface area contributed by atoms with Gasteiger partial charge in [0.25, 0.3) is 5.91 Å². The number of nitrogen functional groups attached to an aromatic ring is 1. The lowest BCUT2D eigenvalue weighted by Gasteiger charge is -2.05. The van der Waals surface area contributed by atoms with Crippen molar-refractivity contribution in [3.63, 3.8) is 0 Å². The highest BCUT2D eigenvalue weighted by Gasteiger charge is 2.30. The SMILES string of the molecule is CC(C)CCCNC(=O)c1n[nH]c(C2CC2)c1N. The predicted octanol–water partition coefficient (Wildman–Crippen LogP) is 2.04. The van der Waals surface area contributed by atoms with Gasteiger partial charge in [-0.3, -0.25) is 9.89 Å². The number of aromatic nitrogens is 2. The summed E-state index contributed by atoms with van der Waals surface area (Å²) in [6.07, 6.45) is 4.39. The third-order valence-electron chi connectivity index (χ3n) is 3.28. The number of aromatic amines is 1. The van der Waals surface area contributed by atoms with Crippen molar-refractivity contribution in [3.8, 4) is 0 Å². The first-order valence-electron chi connectivity index (χ1n) is 6.71. The second kappa shape index (κ2) is 5.42. The molecular formula is C13H22N4O. The first-order chi connectivity index (χ1) is 8.59. The number of hydrogen-bond donors (Lipinski definition) is 3. The number of amides is 1. The number of carbonyl (C=O) groups is 1. The first-order valence-corrected chi connectivity index (χ1v) is 6.71. The Balaban J connectivity index is 1.85. The molecule has 0 aliphatic heterocycles. The largest absolute Gasteiger partial charge is 0.395 e. The van der Waals surface area contributed by atoms with Gasteiger partial charge >= 0.3 is 0 Å². The molecule has 1 fully saturated rings. The summed E-state index contributed by atoms with van der Waals surface area (Å²) in [4.78, 5) is 11.9. The molecule has 1 aliphatic carbocycles. The zero-order valence-electron chi connectivity index (χ0n) is 11.1. The van der Waals surface area contributed by atoms with Crippen LogP contribution < -0.4 is 11.1 Å². The molecular weight excluding hydrogens is 228 g/mol. The molecule has 0 unspecified atom stereocenters. The van der Waals surface area contributed by atoms with Gasteiger partial charge in [0.2, 0.25) is 0 Å². The average Bonchev–Trinajstić information content (AvgIpc) is 3.08. The highest BCUT2D eigenvalue weighted by Crippen LogP contribution is 2.42. The fourth-order valence-corrected chi connectivity index (χ4v) is 2.02. The molecule has 0 radical (unpaired) electrons. The summed E-state index contributed by atoms with van der Waals surface area (Å²) in [5.41, 5.74) is 7.75. The van der Waals surface area contributed by atoms with Gasteiger partial charge in [-0.25, -0.2) is 0 Å². The van der Waals surface area contributed by atoms with Gasteiger partial charge < -0.3 is 11.1 Å². The van der Waals surface area contributed by atoms with Crippen molar-refractivity contribution in [1.29, 1.82) is 0 Å². The molecule has 2 rings (SSSR count). The number of carbonyl (C=O) groups excluding carboxylic acids is 1. The van der Waals surface area contributed by atoms with E-state index in [2.05, 4.69) is 29.4 Å². The molecule has 1 heterocycles. The molecule has 0 saturated heterocycles. The Kier molecular flexibility index (Phi) is 3.89. The van der Waals surface area contributed by atoms with Crippen LogP contribution in [0.15, 0.2) is 0 Å². The quantitative estimate of drug-likeness (QED) is 0.675. The van der Waals surface area contributed by atoms with Gasteiger partial charge in [0.1, 0.15) is 0 Å². The van der Waals surface area contributed by atoms with Crippen molar-refractivity contribution >= 4 is 11.6 Å². The minimum atomic E-state index is -0.167. The normalized spacial score (nSPS) is 15.1. The molecule has 5 nitrogen and oxygen atoms in total. The molecule has 1 saturated carbocycles. The molecule has 0 atom stereocenters. The standard InChI is InChI=1S/C13H22N4O/c1-8(2)4-3-7-15-13(18)12-10(14)11(16-17-12)9-5-6-9/h8-9H,3-7,14H2,1-2H3,(H,15,18)(H,16,17). The van der Waals surface area contributed by atoms with Crippen LogP contribution in [0.4, 0.5) is 5.69 Å². The van der Waals surface area contributed by atoms with E-state index in [0.29, 0.717) is 29.8 Å². The van der Waals surface area contributed by atoms with E-state index in [1.165, 1.54) is 0 Å². The zero-order chi connectivity index (χ0) is 13.1. The maximum absolute atomic E-state index is 11.9. The molecule has 1 aromatic heterocycles. The van der Waals surface area contributed by atoms with E-state index in [9.17, 15) is 4.79 Å². The van der Waals surface area contributed by atoms with Crippen LogP contribution in [0.2, 0.25) is 0 Å². The molecule has 1 aromatic rings. The molecule has 18 heavy (non-hydrogen) atoms. The van der Waals surface area contributed by atoms with E-state index in [1.807, 2.05) is 0 Å². The lowest BCUT2D eigenvalue weighted by molar-refractivity contribution is 0.0948. The van der Waals surface area contributed by atoms with Gasteiger partial charge in [-0.2, -0.15) is 5.10 Å². The molecule has 0 bridgehead atoms. The summed E-state index contributed by atoms with van der Waals surface area (Å²) in [5.74, 6) is 0.984. The lowest BCUT2D eigenvalue weighted by Crippen LogP contribution is -2.25. The Labute approximate surface area is 108 Å². The van der Waals surface area contributed by atoms with E-state index in [-0.39, 0.29) is 5.91 Å². The Morgan fingerprint density at radius 3 is 2.89 bits per heavy atom. The van der Waals surface area contributed by atoms with Gasteiger partial charge in [0, 0.05) is 12.5 Å². The Hall–Kier alpha value is -1.52. The Morgan fingerprint density at radius 1 is 1.56 bits per heavy atom. The summed E-state index contributed by atoms with van der Waals surface area (Å²) in [5, 5.41) is 9.78. The Morgan fingerprint density at radius 2 is 2.28 bits per heavy atom. The molecule has 5 heteroatoms. The van der Waals surface area contributed by atoms with Crippen molar-refractivity contribution in [3.05, 3.63) is 11.4 Å². The van der Waals surface area contributed by atoms with Gasteiger partial charge in [0.05, 0.1) is 11.4 Å². The molecule has 100 valence electrons. The van der Waals surface area contributed by atoms with E-state index in [0.717, 1.165) is 31.4 Å². The zero-order valence-corrected chi connectivity index (χ0v) is 11.1. The van der Waals surface area contributed by atoms with E-state index in [1.54, 1.807) is 0 Å². The molecule has 1 aliphatic rings. The number of nitrogens with two attached hydrogens (primary N) is 1. The minimum absolute atomic E-state index is 0.167. The summed E-state index contributed by atoms with van der Waals surface area (Å²) in [6.45, 7) is 5.03. The van der Waals surface area contributed by atoms with Crippen LogP contribution in [0.3, 0.4) is 0 Å². The van der Waals surface area contributed by atoms with Crippen LogP contribution in [0.25, 0.3) is 0 Å². The van der Waals surface area contributed by atoms with Gasteiger partial charge in [-0.15, -0.1) is 0 Å². The third-order valence-corrected chi connectivity index (χ3v) is 3.28. The first kappa shape index (κ1) is 12.9. The van der Waals surface area contributed by atoms with Crippen molar-refractivity contribution in [2.75, 3.05) is 12.3 Å². The van der Waals surface area contributed by atoms with Crippen molar-refractivity contribution in [1.82, 2.24) is 15.5 Å². The second-order valence-electron chi connectivity index (χ2n) is 5.47. The molecule has 0 aromatic carbocycles. The van der Waals surface area contributed by atoms with Crippen LogP contribution in [0.1, 0.15) is 61.6 Å². The van der Waals surface area contributed by atoms with E-state index in [4.69, 9.17) is 5.73 Å². The summed E-state index contributed by atoms with van der Waals surface area (Å²) in [7, 11) is 0. The maximum atomic E-state index is 11.9. The van der Waals surface area contributed by atoms with Gasteiger partial charge in [-0.05, 0) is 31.6 Å². The third kappa shape index (κ3) is 3.03. The number of nitrogens with one attached hydrogen (secondary N) is 2. The second-order valence-corrected chi connectivity index (χ2v) is 5.47. The minimum Gasteiger partial charge on any atom is -0.395 e. The fraction of sp³-hybridized carbons (Fsp3) is 0.692. The van der Waals surface area contributed by atoms with E-state index < -0.39 is 0 Å². The number of anilines is 1. The molecule has 0 spiro atoms. The van der Waals surface area contributed by atoms with Crippen LogP contribution in [-0.4, -0.2) is 22.6 Å². The van der Waals surface area contributed by atoms with Crippen molar-refractivity contribution in [2.24, 2.45) is 5.92 Å². The molecule has 1 amide bonds. The van der Waals surface area contributed by atoms with Crippen molar-refractivity contribution < 1.29 is 4.79 Å². The average molecular weight is 250 g/mol. The van der Waals surface area contributed by atoms with Crippen LogP contribution >= 0.6 is 0 Å². The van der Waals surface area contributed by atoms with Crippen molar-refractivity contribution in [2.45, 2.75) is 45.4 Å². The highest BCUT2D eigenvalue weighted by molar-refractivity contribution is 5.97. The fourth-order valence-electron chi connectivity index (χ4n) is 2.02. The monoisotopic (exact) mass is 250 g/mol. The van der Waals surface area contributed by atoms with Crippen LogP contribution in [0, 0.1) is 5.92 Å². The maximum Gasteiger partial charge on any atom is 0.273 e. The van der Waals surface area contributed by atoms with E-state index >= 15 is 0 Å². The van der Waals surface area contributed by atoms with Gasteiger partial charge in [0.15, 0.2) is 5.69 Å². The smallest absolute Gasteiger partial charge is 0.273 e. The number of hydrogen-bond acceptors (Lipinski definition) is 3. The van der Waals surface area contributed by atoms with Crippen LogP contribution in [0.5, 0.6) is 0 Å². The highest BCUT2D eigenvalue weighted by atomic mass is 16.1. The van der Waals surface area contributed by atoms with Gasteiger partial charge in [-0.1, -0.05) is 13.8 Å². The topological polar surface area (TPSA) is 83.8 Å². The Bertz CT molecular complexity index is 421. The summed E-state index contributed by atoms with van der Waals surface area (Å²) in [6, 6.07) is 0. The summed E-state index contributed by atoms with van der Waals surface area (Å²) >= 11 is 0. The predicted molar refractivity (Wildman–Crippen MR) is 71.4 cm³/mol. The number of H-pyrrole nitrogens is 1.